The van der Waals surface area contributed by atoms with Crippen LogP contribution in [-0.2, 0) is 28.5 Å². The molecule has 0 aliphatic carbocycles. The summed E-state index contributed by atoms with van der Waals surface area (Å²) in [6, 6.07) is 0. The summed E-state index contributed by atoms with van der Waals surface area (Å²) >= 11 is 0. The Labute approximate surface area is 358 Å². The lowest BCUT2D eigenvalue weighted by atomic mass is 9.99. The maximum Gasteiger partial charge on any atom is 0.306 e. The van der Waals surface area contributed by atoms with Gasteiger partial charge in [0, 0.05) is 12.8 Å². The van der Waals surface area contributed by atoms with Gasteiger partial charge in [-0.15, -0.1) is 0 Å². The number of unbranched alkanes of at least 4 members (excludes halogenated alkanes) is 20. The van der Waals surface area contributed by atoms with Gasteiger partial charge in [-0.25, -0.2) is 0 Å². The number of ether oxygens (including phenoxy) is 4. The summed E-state index contributed by atoms with van der Waals surface area (Å²) in [5.41, 5.74) is 0. The van der Waals surface area contributed by atoms with Crippen LogP contribution in [-0.4, -0.2) is 89.0 Å². The van der Waals surface area contributed by atoms with Crippen LogP contribution in [0.3, 0.4) is 0 Å². The van der Waals surface area contributed by atoms with E-state index in [9.17, 15) is 30.0 Å². The molecule has 342 valence electrons. The molecule has 6 unspecified atom stereocenters. The highest BCUT2D eigenvalue weighted by atomic mass is 16.7. The maximum absolute atomic E-state index is 12.7. The third-order valence-electron chi connectivity index (χ3n) is 10.7. The first kappa shape index (κ1) is 54.7. The molecule has 10 nitrogen and oxygen atoms in total. The molecule has 1 fully saturated rings. The van der Waals surface area contributed by atoms with Crippen molar-refractivity contribution in [1.82, 2.24) is 0 Å². The lowest BCUT2D eigenvalue weighted by Crippen LogP contribution is -2.59. The average Bonchev–Trinajstić information content (AvgIpc) is 3.23. The highest BCUT2D eigenvalue weighted by molar-refractivity contribution is 5.70. The van der Waals surface area contributed by atoms with Crippen molar-refractivity contribution >= 4 is 11.9 Å². The molecular formula is C49H86O10. The zero-order valence-electron chi connectivity index (χ0n) is 37.2. The van der Waals surface area contributed by atoms with Crippen LogP contribution in [0.2, 0.25) is 0 Å². The topological polar surface area (TPSA) is 152 Å². The smallest absolute Gasteiger partial charge is 0.306 e. The van der Waals surface area contributed by atoms with E-state index >= 15 is 0 Å². The Morgan fingerprint density at radius 1 is 0.542 bits per heavy atom. The number of hydrogen-bond donors (Lipinski definition) is 4. The molecule has 10 heteroatoms. The van der Waals surface area contributed by atoms with Gasteiger partial charge in [-0.05, 0) is 70.6 Å². The fraction of sp³-hybridized carbons (Fsp3) is 0.796. The van der Waals surface area contributed by atoms with Crippen LogP contribution >= 0.6 is 0 Å². The molecule has 6 atom stereocenters. The van der Waals surface area contributed by atoms with Crippen LogP contribution in [0.15, 0.2) is 48.6 Å². The van der Waals surface area contributed by atoms with Crippen molar-refractivity contribution in [2.75, 3.05) is 19.8 Å². The first-order valence-corrected chi connectivity index (χ1v) is 23.7. The zero-order valence-corrected chi connectivity index (χ0v) is 37.2. The fourth-order valence-corrected chi connectivity index (χ4v) is 6.96. The van der Waals surface area contributed by atoms with Crippen molar-refractivity contribution in [3.63, 3.8) is 0 Å². The minimum absolute atomic E-state index is 0.193. The molecular weight excluding hydrogens is 749 g/mol. The van der Waals surface area contributed by atoms with Crippen LogP contribution in [0.1, 0.15) is 194 Å². The number of aliphatic hydroxyl groups excluding tert-OH is 4. The number of allylic oxidation sites excluding steroid dienone is 8. The Bertz CT molecular complexity index is 1100. The zero-order chi connectivity index (χ0) is 43.0. The molecule has 59 heavy (non-hydrogen) atoms. The molecule has 0 aromatic heterocycles. The van der Waals surface area contributed by atoms with E-state index in [4.69, 9.17) is 18.9 Å². The molecule has 0 aromatic rings. The predicted molar refractivity (Wildman–Crippen MR) is 238 cm³/mol. The van der Waals surface area contributed by atoms with Crippen molar-refractivity contribution in [2.24, 2.45) is 0 Å². The molecule has 0 bridgehead atoms. The Morgan fingerprint density at radius 2 is 1.00 bits per heavy atom. The average molecular weight is 835 g/mol. The van der Waals surface area contributed by atoms with Gasteiger partial charge < -0.3 is 39.4 Å². The van der Waals surface area contributed by atoms with Gasteiger partial charge >= 0.3 is 11.9 Å². The Morgan fingerprint density at radius 3 is 1.54 bits per heavy atom. The van der Waals surface area contributed by atoms with E-state index in [1.165, 1.54) is 96.3 Å². The predicted octanol–water partition coefficient (Wildman–Crippen LogP) is 10.4. The summed E-state index contributed by atoms with van der Waals surface area (Å²) in [5.74, 6) is -0.843. The van der Waals surface area contributed by atoms with Crippen molar-refractivity contribution in [3.8, 4) is 0 Å². The molecule has 0 spiro atoms. The summed E-state index contributed by atoms with van der Waals surface area (Å²) in [6.07, 6.45) is 39.8. The molecule has 0 aromatic carbocycles. The molecule has 1 heterocycles. The van der Waals surface area contributed by atoms with E-state index in [2.05, 4.69) is 62.5 Å². The fourth-order valence-electron chi connectivity index (χ4n) is 6.96. The van der Waals surface area contributed by atoms with E-state index < -0.39 is 49.4 Å². The summed E-state index contributed by atoms with van der Waals surface area (Å²) in [7, 11) is 0. The minimum Gasteiger partial charge on any atom is -0.462 e. The van der Waals surface area contributed by atoms with Crippen LogP contribution in [0, 0.1) is 0 Å². The molecule has 0 amide bonds. The molecule has 1 aliphatic heterocycles. The standard InChI is InChI=1S/C49H86O10/c1-3-5-7-9-11-13-15-17-18-19-20-21-22-23-24-26-27-29-31-33-35-37-44(51)56-40-42(41-57-49-48(55)47(54)46(53)43(39-50)59-49)58-45(52)38-36-34-32-30-28-25-16-14-12-10-8-6-4-2/h6,8,12,14,19-20,25,28,42-43,46-50,53-55H,3-5,7,9-11,13,15-18,21-24,26-27,29-41H2,1-2H3/b8-6-,14-12-,20-19-,28-25-. The highest BCUT2D eigenvalue weighted by Crippen LogP contribution is 2.23. The van der Waals surface area contributed by atoms with E-state index in [0.29, 0.717) is 6.42 Å². The van der Waals surface area contributed by atoms with Crippen molar-refractivity contribution in [2.45, 2.75) is 230 Å². The van der Waals surface area contributed by atoms with Gasteiger partial charge in [0.25, 0.3) is 0 Å². The quantitative estimate of drug-likeness (QED) is 0.0267. The second-order valence-electron chi connectivity index (χ2n) is 16.2. The molecule has 4 N–H and O–H groups in total. The second-order valence-corrected chi connectivity index (χ2v) is 16.2. The summed E-state index contributed by atoms with van der Waals surface area (Å²) in [4.78, 5) is 25.3. The van der Waals surface area contributed by atoms with E-state index in [0.717, 1.165) is 64.2 Å². The molecule has 0 saturated carbocycles. The number of esters is 2. The Balaban J connectivity index is 2.28. The molecule has 1 aliphatic rings. The lowest BCUT2D eigenvalue weighted by Gasteiger charge is -2.39. The molecule has 0 radical (unpaired) electrons. The monoisotopic (exact) mass is 835 g/mol. The lowest BCUT2D eigenvalue weighted by molar-refractivity contribution is -0.305. The number of rotatable bonds is 39. The van der Waals surface area contributed by atoms with Crippen LogP contribution in [0.5, 0.6) is 0 Å². The molecule has 1 saturated heterocycles. The Kier molecular flexibility index (Phi) is 36.9. The Hall–Kier alpha value is -2.34. The third-order valence-corrected chi connectivity index (χ3v) is 10.7. The van der Waals surface area contributed by atoms with E-state index in [1.54, 1.807) is 0 Å². The SMILES string of the molecule is CC/C=C\C/C=C\C/C=C\CCCCCC(=O)OC(COC(=O)CCCCCCCCCCC/C=C\CCCCCCCCCC)COC1OC(CO)C(O)C(O)C1O. The number of carbonyl (C=O) groups excluding carboxylic acids is 2. The van der Waals surface area contributed by atoms with Crippen molar-refractivity contribution < 1.29 is 49.0 Å². The van der Waals surface area contributed by atoms with Gasteiger partial charge in [0.1, 0.15) is 31.0 Å². The summed E-state index contributed by atoms with van der Waals surface area (Å²) in [6.45, 7) is 3.28. The van der Waals surface area contributed by atoms with Crippen LogP contribution in [0.25, 0.3) is 0 Å². The number of carbonyl (C=O) groups is 2. The van der Waals surface area contributed by atoms with Gasteiger partial charge in [-0.1, -0.05) is 159 Å². The number of hydrogen-bond acceptors (Lipinski definition) is 10. The van der Waals surface area contributed by atoms with Gasteiger partial charge in [0.05, 0.1) is 13.2 Å². The first-order valence-electron chi connectivity index (χ1n) is 23.7. The maximum atomic E-state index is 12.7. The van der Waals surface area contributed by atoms with Gasteiger partial charge in [0.2, 0.25) is 0 Å². The second kappa shape index (κ2) is 39.8. The minimum atomic E-state index is -1.60. The summed E-state index contributed by atoms with van der Waals surface area (Å²) in [5, 5.41) is 40.1. The van der Waals surface area contributed by atoms with E-state index in [1.807, 2.05) is 0 Å². The third kappa shape index (κ3) is 31.2. The largest absolute Gasteiger partial charge is 0.462 e. The number of aliphatic hydroxyl groups is 4. The highest BCUT2D eigenvalue weighted by Gasteiger charge is 2.44. The van der Waals surface area contributed by atoms with Gasteiger partial charge in [-0.3, -0.25) is 9.59 Å². The van der Waals surface area contributed by atoms with Crippen LogP contribution < -0.4 is 0 Å². The molecule has 1 rings (SSSR count). The van der Waals surface area contributed by atoms with Gasteiger partial charge in [-0.2, -0.15) is 0 Å². The van der Waals surface area contributed by atoms with Gasteiger partial charge in [0.15, 0.2) is 12.4 Å². The normalized spacial score (nSPS) is 20.4. The van der Waals surface area contributed by atoms with E-state index in [-0.39, 0.29) is 32.0 Å². The summed E-state index contributed by atoms with van der Waals surface area (Å²) < 4.78 is 22.1. The first-order chi connectivity index (χ1) is 28.8. The van der Waals surface area contributed by atoms with Crippen molar-refractivity contribution in [3.05, 3.63) is 48.6 Å². The van der Waals surface area contributed by atoms with Crippen LogP contribution in [0.4, 0.5) is 0 Å². The van der Waals surface area contributed by atoms with Crippen molar-refractivity contribution in [1.29, 1.82) is 0 Å².